The molecule has 0 bridgehead atoms. The number of hydrogen-bond donors (Lipinski definition) is 2. The first-order chi connectivity index (χ1) is 13.3. The molecule has 2 aromatic rings. The predicted molar refractivity (Wildman–Crippen MR) is 110 cm³/mol. The third kappa shape index (κ3) is 4.85. The topological polar surface area (TPSA) is 84.5 Å². The molecule has 0 unspecified atom stereocenters. The highest BCUT2D eigenvalue weighted by Crippen LogP contribution is 2.36. The van der Waals surface area contributed by atoms with Gasteiger partial charge < -0.3 is 15.4 Å². The lowest BCUT2D eigenvalue weighted by atomic mass is 10.1. The van der Waals surface area contributed by atoms with Crippen molar-refractivity contribution in [2.75, 3.05) is 17.2 Å². The maximum atomic E-state index is 12.1. The van der Waals surface area contributed by atoms with E-state index in [4.69, 9.17) is 16.3 Å². The number of fused-ring (bicyclic) bond motifs is 1. The second-order valence-electron chi connectivity index (χ2n) is 6.44. The number of thioether (sulfide) groups is 1. The number of hydrogen-bond acceptors (Lipinski definition) is 5. The van der Waals surface area contributed by atoms with Crippen LogP contribution in [0.25, 0.3) is 0 Å². The van der Waals surface area contributed by atoms with Gasteiger partial charge >= 0.3 is 5.97 Å². The van der Waals surface area contributed by atoms with Crippen LogP contribution in [0.15, 0.2) is 41.3 Å². The minimum Gasteiger partial charge on any atom is -0.456 e. The summed E-state index contributed by atoms with van der Waals surface area (Å²) in [6, 6.07) is 11.0. The number of ether oxygens (including phenoxy) is 1. The molecule has 3 rings (SSSR count). The van der Waals surface area contributed by atoms with Gasteiger partial charge in [0.2, 0.25) is 5.91 Å². The molecule has 28 heavy (non-hydrogen) atoms. The van der Waals surface area contributed by atoms with Crippen molar-refractivity contribution < 1.29 is 19.1 Å². The number of anilines is 2. The Hall–Kier alpha value is -2.51. The van der Waals surface area contributed by atoms with Crippen molar-refractivity contribution in [2.24, 2.45) is 0 Å². The fourth-order valence-electron chi connectivity index (χ4n) is 2.83. The van der Waals surface area contributed by atoms with Crippen molar-refractivity contribution in [2.45, 2.75) is 30.4 Å². The van der Waals surface area contributed by atoms with Crippen LogP contribution in [0.3, 0.4) is 0 Å². The lowest BCUT2D eigenvalue weighted by Crippen LogP contribution is -2.32. The van der Waals surface area contributed by atoms with E-state index in [9.17, 15) is 14.4 Å². The van der Waals surface area contributed by atoms with Gasteiger partial charge in [-0.1, -0.05) is 29.8 Å². The van der Waals surface area contributed by atoms with Gasteiger partial charge in [-0.05, 0) is 43.2 Å². The number of esters is 1. The molecule has 146 valence electrons. The molecule has 2 amide bonds. The Morgan fingerprint density at radius 1 is 1.25 bits per heavy atom. The molecule has 0 aliphatic carbocycles. The standard InChI is InChI=1S/C20H19ClN2O4S/c1-11-7-12(2)19(13(21)8-11)23-17(24)10-27-18(25)9-16-20(26)22-14-5-3-4-6-15(14)28-16/h3-8,16H,9-10H2,1-2H3,(H,22,26)(H,23,24)/t16-/m1/s1. The number of carbonyl (C=O) groups excluding carboxylic acids is 3. The number of benzene rings is 2. The zero-order valence-electron chi connectivity index (χ0n) is 15.4. The zero-order chi connectivity index (χ0) is 20.3. The van der Waals surface area contributed by atoms with Crippen molar-refractivity contribution >= 4 is 52.5 Å². The summed E-state index contributed by atoms with van der Waals surface area (Å²) >= 11 is 7.46. The average Bonchev–Trinajstić information content (AvgIpc) is 2.63. The maximum absolute atomic E-state index is 12.1. The Kier molecular flexibility index (Phi) is 6.26. The Labute approximate surface area is 172 Å². The molecular formula is C20H19ClN2O4S. The van der Waals surface area contributed by atoms with Gasteiger partial charge in [-0.15, -0.1) is 11.8 Å². The summed E-state index contributed by atoms with van der Waals surface area (Å²) in [6.07, 6.45) is -0.123. The van der Waals surface area contributed by atoms with Crippen LogP contribution in [0.5, 0.6) is 0 Å². The number of rotatable bonds is 5. The number of nitrogens with one attached hydrogen (secondary N) is 2. The Morgan fingerprint density at radius 3 is 2.75 bits per heavy atom. The van der Waals surface area contributed by atoms with E-state index in [1.165, 1.54) is 11.8 Å². The summed E-state index contributed by atoms with van der Waals surface area (Å²) in [5.41, 5.74) is 3.02. The molecule has 0 radical (unpaired) electrons. The van der Waals surface area contributed by atoms with Gasteiger partial charge in [0.05, 0.1) is 28.1 Å². The molecule has 0 saturated carbocycles. The van der Waals surface area contributed by atoms with Crippen LogP contribution in [0, 0.1) is 13.8 Å². The molecular weight excluding hydrogens is 400 g/mol. The van der Waals surface area contributed by atoms with Crippen molar-refractivity contribution in [1.82, 2.24) is 0 Å². The summed E-state index contributed by atoms with van der Waals surface area (Å²) in [5.74, 6) is -1.37. The van der Waals surface area contributed by atoms with Crippen LogP contribution in [0.4, 0.5) is 11.4 Å². The van der Waals surface area contributed by atoms with Gasteiger partial charge in [0.1, 0.15) is 0 Å². The minimum atomic E-state index is -0.617. The predicted octanol–water partition coefficient (Wildman–Crippen LogP) is 3.94. The second-order valence-corrected chi connectivity index (χ2v) is 8.10. The maximum Gasteiger partial charge on any atom is 0.307 e. The molecule has 6 nitrogen and oxygen atoms in total. The van der Waals surface area contributed by atoms with Crippen molar-refractivity contribution in [1.29, 1.82) is 0 Å². The first-order valence-corrected chi connectivity index (χ1v) is 9.88. The van der Waals surface area contributed by atoms with E-state index >= 15 is 0 Å². The fraction of sp³-hybridized carbons (Fsp3) is 0.250. The number of carbonyl (C=O) groups is 3. The molecule has 0 spiro atoms. The number of halogens is 1. The van der Waals surface area contributed by atoms with Crippen LogP contribution >= 0.6 is 23.4 Å². The van der Waals surface area contributed by atoms with E-state index in [1.54, 1.807) is 12.1 Å². The summed E-state index contributed by atoms with van der Waals surface area (Å²) in [7, 11) is 0. The van der Waals surface area contributed by atoms with E-state index in [0.29, 0.717) is 10.7 Å². The molecule has 0 saturated heterocycles. The molecule has 8 heteroatoms. The lowest BCUT2D eigenvalue weighted by molar-refractivity contribution is -0.147. The molecule has 1 heterocycles. The molecule has 2 N–H and O–H groups in total. The van der Waals surface area contributed by atoms with E-state index in [2.05, 4.69) is 10.6 Å². The van der Waals surface area contributed by atoms with E-state index in [0.717, 1.165) is 21.7 Å². The van der Waals surface area contributed by atoms with Crippen LogP contribution in [0.1, 0.15) is 17.5 Å². The molecule has 0 fully saturated rings. The molecule has 0 aromatic heterocycles. The van der Waals surface area contributed by atoms with Crippen LogP contribution < -0.4 is 10.6 Å². The Bertz CT molecular complexity index is 925. The highest BCUT2D eigenvalue weighted by Gasteiger charge is 2.29. The highest BCUT2D eigenvalue weighted by atomic mass is 35.5. The average molecular weight is 419 g/mol. The largest absolute Gasteiger partial charge is 0.456 e. The summed E-state index contributed by atoms with van der Waals surface area (Å²) in [4.78, 5) is 37.2. The number of amides is 2. The van der Waals surface area contributed by atoms with E-state index < -0.39 is 23.7 Å². The fourth-order valence-corrected chi connectivity index (χ4v) is 4.30. The lowest BCUT2D eigenvalue weighted by Gasteiger charge is -2.23. The molecule has 1 atom stereocenters. The van der Waals surface area contributed by atoms with Crippen molar-refractivity contribution in [3.05, 3.63) is 52.5 Å². The van der Waals surface area contributed by atoms with Gasteiger partial charge in [-0.3, -0.25) is 14.4 Å². The monoisotopic (exact) mass is 418 g/mol. The van der Waals surface area contributed by atoms with Gasteiger partial charge in [-0.25, -0.2) is 0 Å². The van der Waals surface area contributed by atoms with E-state index in [1.807, 2.05) is 38.1 Å². The molecule has 2 aromatic carbocycles. The van der Waals surface area contributed by atoms with Crippen LogP contribution in [-0.4, -0.2) is 29.6 Å². The van der Waals surface area contributed by atoms with Gasteiger partial charge in [0, 0.05) is 4.90 Å². The SMILES string of the molecule is Cc1cc(C)c(NC(=O)COC(=O)C[C@H]2Sc3ccccc3NC2=O)c(Cl)c1. The number of para-hydroxylation sites is 1. The second kappa shape index (κ2) is 8.67. The summed E-state index contributed by atoms with van der Waals surface area (Å²) < 4.78 is 5.03. The van der Waals surface area contributed by atoms with Gasteiger partial charge in [0.15, 0.2) is 6.61 Å². The van der Waals surface area contributed by atoms with Gasteiger partial charge in [0.25, 0.3) is 5.91 Å². The first-order valence-electron chi connectivity index (χ1n) is 8.62. The first kappa shape index (κ1) is 20.2. The smallest absolute Gasteiger partial charge is 0.307 e. The zero-order valence-corrected chi connectivity index (χ0v) is 16.9. The van der Waals surface area contributed by atoms with Gasteiger partial charge in [-0.2, -0.15) is 0 Å². The Morgan fingerprint density at radius 2 is 2.00 bits per heavy atom. The third-order valence-corrected chi connectivity index (χ3v) is 5.69. The van der Waals surface area contributed by atoms with E-state index in [-0.39, 0.29) is 12.3 Å². The van der Waals surface area contributed by atoms with Crippen LogP contribution in [-0.2, 0) is 19.1 Å². The van der Waals surface area contributed by atoms with Crippen molar-refractivity contribution in [3.8, 4) is 0 Å². The molecule has 1 aliphatic heterocycles. The number of aryl methyl sites for hydroxylation is 2. The molecule has 1 aliphatic rings. The normalized spacial score (nSPS) is 15.4. The highest BCUT2D eigenvalue weighted by molar-refractivity contribution is 8.01. The summed E-state index contributed by atoms with van der Waals surface area (Å²) in [6.45, 7) is 3.29. The minimum absolute atomic E-state index is 0.123. The summed E-state index contributed by atoms with van der Waals surface area (Å²) in [5, 5.41) is 5.25. The third-order valence-electron chi connectivity index (χ3n) is 4.12. The quantitative estimate of drug-likeness (QED) is 0.718. The Balaban J connectivity index is 1.52. The van der Waals surface area contributed by atoms with Crippen LogP contribution in [0.2, 0.25) is 5.02 Å². The van der Waals surface area contributed by atoms with Crippen molar-refractivity contribution in [3.63, 3.8) is 0 Å².